The Morgan fingerprint density at radius 3 is 2.76 bits per heavy atom. The summed E-state index contributed by atoms with van der Waals surface area (Å²) in [7, 11) is 0. The van der Waals surface area contributed by atoms with Crippen LogP contribution in [-0.4, -0.2) is 27.2 Å². The molecule has 0 fully saturated rings. The fourth-order valence-corrected chi connectivity index (χ4v) is 2.55. The summed E-state index contributed by atoms with van der Waals surface area (Å²) < 4.78 is 6.88. The quantitative estimate of drug-likeness (QED) is 0.480. The Balaban J connectivity index is 2.07. The molecule has 2 rings (SSSR count). The van der Waals surface area contributed by atoms with Crippen LogP contribution in [0.1, 0.15) is 19.8 Å². The average molecular weight is 303 g/mol. The van der Waals surface area contributed by atoms with Gasteiger partial charge < -0.3 is 10.6 Å². The molecule has 2 N–H and O–H groups in total. The van der Waals surface area contributed by atoms with Gasteiger partial charge >= 0.3 is 0 Å². The van der Waals surface area contributed by atoms with Gasteiger partial charge in [-0.05, 0) is 37.6 Å². The molecule has 2 aromatic rings. The van der Waals surface area contributed by atoms with Crippen molar-refractivity contribution in [2.75, 3.05) is 18.2 Å². The summed E-state index contributed by atoms with van der Waals surface area (Å²) >= 11 is 1.50. The van der Waals surface area contributed by atoms with Gasteiger partial charge in [-0.1, -0.05) is 11.8 Å². The second-order valence-corrected chi connectivity index (χ2v) is 5.31. The van der Waals surface area contributed by atoms with Gasteiger partial charge in [0.2, 0.25) is 5.16 Å². The normalized spacial score (nSPS) is 10.3. The highest BCUT2D eigenvalue weighted by Crippen LogP contribution is 2.24. The molecule has 0 saturated heterocycles. The third-order valence-electron chi connectivity index (χ3n) is 2.75. The smallest absolute Gasteiger partial charge is 0.210 e. The minimum absolute atomic E-state index is 0.539. The Kier molecular flexibility index (Phi) is 5.46. The van der Waals surface area contributed by atoms with Gasteiger partial charge in [-0.25, -0.2) is 4.68 Å². The van der Waals surface area contributed by atoms with E-state index in [2.05, 4.69) is 16.3 Å². The first kappa shape index (κ1) is 15.2. The van der Waals surface area contributed by atoms with Crippen LogP contribution in [0.5, 0.6) is 5.75 Å². The first-order valence-corrected chi connectivity index (χ1v) is 7.68. The van der Waals surface area contributed by atoms with Gasteiger partial charge in [-0.3, -0.25) is 0 Å². The Morgan fingerprint density at radius 1 is 1.33 bits per heavy atom. The summed E-state index contributed by atoms with van der Waals surface area (Å²) in [6, 6.07) is 9.69. The Morgan fingerprint density at radius 2 is 2.10 bits per heavy atom. The number of ether oxygens (including phenoxy) is 1. The van der Waals surface area contributed by atoms with Crippen LogP contribution < -0.4 is 10.6 Å². The van der Waals surface area contributed by atoms with E-state index >= 15 is 0 Å². The first-order chi connectivity index (χ1) is 10.3. The highest BCUT2D eigenvalue weighted by atomic mass is 32.2. The molecule has 0 aliphatic rings. The number of nitriles is 1. The van der Waals surface area contributed by atoms with Gasteiger partial charge in [0.15, 0.2) is 5.82 Å². The summed E-state index contributed by atoms with van der Waals surface area (Å²) in [5, 5.41) is 17.4. The summed E-state index contributed by atoms with van der Waals surface area (Å²) in [6.45, 7) is 2.58. The van der Waals surface area contributed by atoms with Crippen molar-refractivity contribution in [2.45, 2.75) is 24.9 Å². The molecule has 0 amide bonds. The largest absolute Gasteiger partial charge is 0.494 e. The van der Waals surface area contributed by atoms with E-state index in [1.165, 1.54) is 16.4 Å². The Labute approximate surface area is 127 Å². The summed E-state index contributed by atoms with van der Waals surface area (Å²) in [5.41, 5.74) is 0.886. The molecule has 0 radical (unpaired) electrons. The number of thioether (sulfide) groups is 1. The third-order valence-corrected chi connectivity index (χ3v) is 3.78. The highest BCUT2D eigenvalue weighted by molar-refractivity contribution is 7.99. The monoisotopic (exact) mass is 303 g/mol. The van der Waals surface area contributed by atoms with E-state index in [4.69, 9.17) is 15.8 Å². The van der Waals surface area contributed by atoms with Crippen LogP contribution in [0.25, 0.3) is 11.4 Å². The lowest BCUT2D eigenvalue weighted by atomic mass is 10.2. The van der Waals surface area contributed by atoms with Crippen LogP contribution in [0.3, 0.4) is 0 Å². The maximum atomic E-state index is 8.50. The summed E-state index contributed by atoms with van der Waals surface area (Å²) in [6.07, 6.45) is 1.35. The molecule has 0 aliphatic carbocycles. The lowest BCUT2D eigenvalue weighted by Gasteiger charge is -2.05. The second-order valence-electron chi connectivity index (χ2n) is 4.24. The second kappa shape index (κ2) is 7.55. The predicted octanol–water partition coefficient (Wildman–Crippen LogP) is 2.45. The zero-order valence-electron chi connectivity index (χ0n) is 11.8. The van der Waals surface area contributed by atoms with Gasteiger partial charge in [0, 0.05) is 17.7 Å². The van der Waals surface area contributed by atoms with E-state index in [0.717, 1.165) is 23.5 Å². The van der Waals surface area contributed by atoms with Crippen LogP contribution in [0.15, 0.2) is 29.4 Å². The lowest BCUT2D eigenvalue weighted by Crippen LogP contribution is -2.11. The van der Waals surface area contributed by atoms with E-state index in [9.17, 15) is 0 Å². The zero-order chi connectivity index (χ0) is 15.1. The van der Waals surface area contributed by atoms with Crippen molar-refractivity contribution in [3.63, 3.8) is 0 Å². The van der Waals surface area contributed by atoms with Gasteiger partial charge in [0.25, 0.3) is 0 Å². The molecular weight excluding hydrogens is 286 g/mol. The average Bonchev–Trinajstić information content (AvgIpc) is 2.86. The van der Waals surface area contributed by atoms with Crippen molar-refractivity contribution in [1.82, 2.24) is 14.9 Å². The van der Waals surface area contributed by atoms with Crippen LogP contribution >= 0.6 is 11.8 Å². The summed E-state index contributed by atoms with van der Waals surface area (Å²) in [5.74, 6) is 8.25. The van der Waals surface area contributed by atoms with Crippen LogP contribution in [0.4, 0.5) is 0 Å². The van der Waals surface area contributed by atoms with E-state index in [0.29, 0.717) is 24.0 Å². The molecule has 0 bridgehead atoms. The van der Waals surface area contributed by atoms with Crippen LogP contribution in [0, 0.1) is 11.3 Å². The summed E-state index contributed by atoms with van der Waals surface area (Å²) in [4.78, 5) is 0. The van der Waals surface area contributed by atoms with Crippen molar-refractivity contribution in [2.24, 2.45) is 0 Å². The maximum Gasteiger partial charge on any atom is 0.210 e. The molecule has 0 unspecified atom stereocenters. The van der Waals surface area contributed by atoms with Crippen LogP contribution in [0.2, 0.25) is 0 Å². The highest BCUT2D eigenvalue weighted by Gasteiger charge is 2.12. The van der Waals surface area contributed by atoms with Crippen molar-refractivity contribution in [1.29, 1.82) is 5.26 Å². The first-order valence-electron chi connectivity index (χ1n) is 6.69. The van der Waals surface area contributed by atoms with E-state index in [-0.39, 0.29) is 0 Å². The number of aromatic nitrogens is 3. The van der Waals surface area contributed by atoms with Crippen LogP contribution in [-0.2, 0) is 0 Å². The fourth-order valence-electron chi connectivity index (χ4n) is 1.75. The van der Waals surface area contributed by atoms with Crippen molar-refractivity contribution < 1.29 is 4.74 Å². The molecule has 0 aliphatic heterocycles. The van der Waals surface area contributed by atoms with E-state index in [1.807, 2.05) is 31.2 Å². The number of benzene rings is 1. The van der Waals surface area contributed by atoms with E-state index < -0.39 is 0 Å². The Bertz CT molecular complexity index is 617. The number of hydrogen-bond acceptors (Lipinski definition) is 6. The van der Waals surface area contributed by atoms with E-state index in [1.54, 1.807) is 0 Å². The molecular formula is C14H17N5OS. The molecule has 1 aromatic carbocycles. The molecule has 0 saturated carbocycles. The fraction of sp³-hybridized carbons (Fsp3) is 0.357. The van der Waals surface area contributed by atoms with Gasteiger partial charge in [0.05, 0.1) is 12.7 Å². The number of nitrogens with two attached hydrogens (primary N) is 1. The molecule has 1 aromatic heterocycles. The number of nitrogens with zero attached hydrogens (tertiary/aromatic N) is 4. The minimum atomic E-state index is 0.539. The third kappa shape index (κ3) is 3.89. The molecule has 0 spiro atoms. The van der Waals surface area contributed by atoms with Gasteiger partial charge in [0.1, 0.15) is 5.75 Å². The standard InChI is InChI=1S/C14H17N5OS/c1-2-20-12-7-5-11(6-8-12)13-17-18-14(19(13)16)21-10-4-3-9-15/h5-8H,2-4,10,16H2,1H3. The number of nitrogen functional groups attached to an aromatic ring is 1. The molecule has 0 atom stereocenters. The van der Waals surface area contributed by atoms with Crippen molar-refractivity contribution in [3.8, 4) is 23.2 Å². The lowest BCUT2D eigenvalue weighted by molar-refractivity contribution is 0.340. The zero-order valence-corrected chi connectivity index (χ0v) is 12.6. The van der Waals surface area contributed by atoms with Crippen molar-refractivity contribution in [3.05, 3.63) is 24.3 Å². The molecule has 7 heteroatoms. The SMILES string of the molecule is CCOc1ccc(-c2nnc(SCCCC#N)n2N)cc1. The Hall–Kier alpha value is -2.20. The molecule has 110 valence electrons. The van der Waals surface area contributed by atoms with Gasteiger partial charge in [-0.15, -0.1) is 10.2 Å². The number of rotatable bonds is 7. The molecule has 6 nitrogen and oxygen atoms in total. The minimum Gasteiger partial charge on any atom is -0.494 e. The van der Waals surface area contributed by atoms with Gasteiger partial charge in [-0.2, -0.15) is 5.26 Å². The topological polar surface area (TPSA) is 89.8 Å². The number of unbranched alkanes of at least 4 members (excludes halogenated alkanes) is 1. The molecule has 21 heavy (non-hydrogen) atoms. The number of hydrogen-bond donors (Lipinski definition) is 1. The molecule has 1 heterocycles. The predicted molar refractivity (Wildman–Crippen MR) is 82.3 cm³/mol. The maximum absolute atomic E-state index is 8.50. The van der Waals surface area contributed by atoms with Crippen molar-refractivity contribution >= 4 is 11.8 Å².